The smallest absolute Gasteiger partial charge is 0.237 e. The van der Waals surface area contributed by atoms with Crippen LogP contribution < -0.4 is 10.6 Å². The summed E-state index contributed by atoms with van der Waals surface area (Å²) in [7, 11) is 0. The van der Waals surface area contributed by atoms with Crippen LogP contribution in [0.3, 0.4) is 0 Å². The number of hydrogen-bond donors (Lipinski definition) is 2. The molecule has 1 fully saturated rings. The molecule has 0 saturated carbocycles. The molecule has 0 unspecified atom stereocenters. The zero-order valence-corrected chi connectivity index (χ0v) is 10.5. The topological polar surface area (TPSA) is 41.1 Å². The first-order valence-corrected chi connectivity index (χ1v) is 6.21. The molecule has 0 aliphatic carbocycles. The molecule has 0 bridgehead atoms. The van der Waals surface area contributed by atoms with E-state index in [0.29, 0.717) is 0 Å². The largest absolute Gasteiger partial charge is 0.348 e. The Labute approximate surface area is 104 Å². The minimum atomic E-state index is -0.0288. The second-order valence-electron chi connectivity index (χ2n) is 4.22. The molecule has 1 aliphatic heterocycles. The number of carbonyl (C=O) groups is 1. The van der Waals surface area contributed by atoms with Crippen LogP contribution in [-0.4, -0.2) is 24.5 Å². The van der Waals surface area contributed by atoms with E-state index in [-0.39, 0.29) is 18.0 Å². The molecule has 0 spiro atoms. The first-order chi connectivity index (χ1) is 8.22. The van der Waals surface area contributed by atoms with Crippen molar-refractivity contribution in [1.82, 2.24) is 10.6 Å². The Morgan fingerprint density at radius 2 is 2.35 bits per heavy atom. The molecule has 2 N–H and O–H groups in total. The van der Waals surface area contributed by atoms with Crippen molar-refractivity contribution in [2.75, 3.05) is 6.54 Å². The van der Waals surface area contributed by atoms with Gasteiger partial charge in [0.25, 0.3) is 0 Å². The number of allylic oxidation sites excluding steroid dienone is 2. The van der Waals surface area contributed by atoms with Crippen molar-refractivity contribution < 1.29 is 4.79 Å². The van der Waals surface area contributed by atoms with Gasteiger partial charge >= 0.3 is 0 Å². The van der Waals surface area contributed by atoms with Crippen molar-refractivity contribution in [3.05, 3.63) is 37.0 Å². The van der Waals surface area contributed by atoms with E-state index in [1.165, 1.54) is 0 Å². The summed E-state index contributed by atoms with van der Waals surface area (Å²) >= 11 is 0. The molecule has 94 valence electrons. The average Bonchev–Trinajstić information content (AvgIpc) is 2.87. The molecule has 1 amide bonds. The third-order valence-electron chi connectivity index (χ3n) is 3.05. The maximum Gasteiger partial charge on any atom is 0.237 e. The molecular weight excluding hydrogens is 212 g/mol. The minimum absolute atomic E-state index is 0.0281. The monoisotopic (exact) mass is 234 g/mol. The SMILES string of the molecule is C=C/C=C(\C=C)[C@@H](CC)NC(=O)[C@@H]1CCCN1. The van der Waals surface area contributed by atoms with Crippen LogP contribution >= 0.6 is 0 Å². The second-order valence-corrected chi connectivity index (χ2v) is 4.22. The lowest BCUT2D eigenvalue weighted by molar-refractivity contribution is -0.123. The second kappa shape index (κ2) is 7.07. The van der Waals surface area contributed by atoms with Crippen LogP contribution in [0.2, 0.25) is 0 Å². The summed E-state index contributed by atoms with van der Waals surface area (Å²) < 4.78 is 0. The third-order valence-corrected chi connectivity index (χ3v) is 3.05. The van der Waals surface area contributed by atoms with E-state index < -0.39 is 0 Å². The summed E-state index contributed by atoms with van der Waals surface area (Å²) in [5.41, 5.74) is 1.01. The van der Waals surface area contributed by atoms with E-state index in [1.807, 2.05) is 13.0 Å². The molecule has 0 aromatic carbocycles. The lowest BCUT2D eigenvalue weighted by Crippen LogP contribution is -2.45. The van der Waals surface area contributed by atoms with Crippen molar-refractivity contribution >= 4 is 5.91 Å². The van der Waals surface area contributed by atoms with Gasteiger partial charge in [0.2, 0.25) is 5.91 Å². The summed E-state index contributed by atoms with van der Waals surface area (Å²) in [5.74, 6) is 0.0890. The van der Waals surface area contributed by atoms with Gasteiger partial charge in [-0.25, -0.2) is 0 Å². The van der Waals surface area contributed by atoms with Crippen molar-refractivity contribution in [2.24, 2.45) is 0 Å². The molecule has 3 nitrogen and oxygen atoms in total. The molecule has 1 aliphatic rings. The molecule has 1 rings (SSSR count). The average molecular weight is 234 g/mol. The highest BCUT2D eigenvalue weighted by atomic mass is 16.2. The van der Waals surface area contributed by atoms with E-state index in [2.05, 4.69) is 23.8 Å². The zero-order valence-electron chi connectivity index (χ0n) is 10.5. The van der Waals surface area contributed by atoms with Crippen molar-refractivity contribution in [2.45, 2.75) is 38.3 Å². The van der Waals surface area contributed by atoms with E-state index in [4.69, 9.17) is 0 Å². The quantitative estimate of drug-likeness (QED) is 0.690. The Morgan fingerprint density at radius 3 is 2.82 bits per heavy atom. The van der Waals surface area contributed by atoms with Gasteiger partial charge in [-0.2, -0.15) is 0 Å². The van der Waals surface area contributed by atoms with Gasteiger partial charge in [0.1, 0.15) is 0 Å². The highest BCUT2D eigenvalue weighted by molar-refractivity contribution is 5.82. The van der Waals surface area contributed by atoms with Gasteiger partial charge in [-0.3, -0.25) is 4.79 Å². The van der Waals surface area contributed by atoms with Gasteiger partial charge in [0.05, 0.1) is 12.1 Å². The summed E-state index contributed by atoms with van der Waals surface area (Å²) in [4.78, 5) is 12.0. The molecule has 0 aromatic rings. The van der Waals surface area contributed by atoms with Crippen LogP contribution in [-0.2, 0) is 4.79 Å². The van der Waals surface area contributed by atoms with Gasteiger partial charge < -0.3 is 10.6 Å². The molecule has 0 radical (unpaired) electrons. The van der Waals surface area contributed by atoms with Crippen molar-refractivity contribution in [3.63, 3.8) is 0 Å². The first kappa shape index (κ1) is 13.7. The van der Waals surface area contributed by atoms with E-state index >= 15 is 0 Å². The maximum absolute atomic E-state index is 12.0. The Kier molecular flexibility index (Phi) is 5.70. The van der Waals surface area contributed by atoms with Gasteiger partial charge in [-0.05, 0) is 31.4 Å². The van der Waals surface area contributed by atoms with Gasteiger partial charge in [-0.15, -0.1) is 0 Å². The lowest BCUT2D eigenvalue weighted by Gasteiger charge is -2.20. The number of rotatable bonds is 6. The fourth-order valence-corrected chi connectivity index (χ4v) is 2.06. The van der Waals surface area contributed by atoms with Gasteiger partial charge in [-0.1, -0.05) is 38.3 Å². The van der Waals surface area contributed by atoms with Crippen LogP contribution in [0.4, 0.5) is 0 Å². The minimum Gasteiger partial charge on any atom is -0.348 e. The van der Waals surface area contributed by atoms with Crippen molar-refractivity contribution in [1.29, 1.82) is 0 Å². The fourth-order valence-electron chi connectivity index (χ4n) is 2.06. The van der Waals surface area contributed by atoms with E-state index in [1.54, 1.807) is 12.2 Å². The third kappa shape index (κ3) is 3.86. The number of carbonyl (C=O) groups excluding carboxylic acids is 1. The zero-order chi connectivity index (χ0) is 12.7. The molecule has 1 heterocycles. The number of amides is 1. The maximum atomic E-state index is 12.0. The summed E-state index contributed by atoms with van der Waals surface area (Å²) in [6.45, 7) is 10.4. The Hall–Kier alpha value is -1.35. The summed E-state index contributed by atoms with van der Waals surface area (Å²) in [6, 6.07) is -0.000698. The molecule has 17 heavy (non-hydrogen) atoms. The standard InChI is InChI=1S/C14H22N2O/c1-4-8-11(5-2)12(6-3)16-14(17)13-9-7-10-15-13/h4-5,8,12-13,15H,1-2,6-7,9-10H2,3H3,(H,16,17)/b11-8+/t12-,13+/m1/s1. The first-order valence-electron chi connectivity index (χ1n) is 6.21. The van der Waals surface area contributed by atoms with Crippen LogP contribution in [0.15, 0.2) is 37.0 Å². The predicted molar refractivity (Wildman–Crippen MR) is 71.7 cm³/mol. The van der Waals surface area contributed by atoms with Gasteiger partial charge in [0, 0.05) is 0 Å². The van der Waals surface area contributed by atoms with Crippen LogP contribution in [0.1, 0.15) is 26.2 Å². The molecule has 3 heteroatoms. The van der Waals surface area contributed by atoms with E-state index in [9.17, 15) is 4.79 Å². The highest BCUT2D eigenvalue weighted by Gasteiger charge is 2.24. The van der Waals surface area contributed by atoms with Crippen LogP contribution in [0, 0.1) is 0 Å². The lowest BCUT2D eigenvalue weighted by atomic mass is 10.0. The van der Waals surface area contributed by atoms with Crippen LogP contribution in [0.5, 0.6) is 0 Å². The number of nitrogens with one attached hydrogen (secondary N) is 2. The normalized spacial score (nSPS) is 21.9. The molecule has 1 saturated heterocycles. The van der Waals surface area contributed by atoms with Crippen LogP contribution in [0.25, 0.3) is 0 Å². The Morgan fingerprint density at radius 1 is 1.59 bits per heavy atom. The molecule has 0 aromatic heterocycles. The molecular formula is C14H22N2O. The van der Waals surface area contributed by atoms with E-state index in [0.717, 1.165) is 31.4 Å². The number of hydrogen-bond acceptors (Lipinski definition) is 2. The highest BCUT2D eigenvalue weighted by Crippen LogP contribution is 2.10. The Balaban J connectivity index is 2.61. The predicted octanol–water partition coefficient (Wildman–Crippen LogP) is 1.93. The fraction of sp³-hybridized carbons (Fsp3) is 0.500. The molecule has 2 atom stereocenters. The van der Waals surface area contributed by atoms with Crippen molar-refractivity contribution in [3.8, 4) is 0 Å². The van der Waals surface area contributed by atoms with Gasteiger partial charge in [0.15, 0.2) is 0 Å². The summed E-state index contributed by atoms with van der Waals surface area (Å²) in [5, 5.41) is 6.25. The summed E-state index contributed by atoms with van der Waals surface area (Å²) in [6.07, 6.45) is 8.24. The Bertz CT molecular complexity index is 314.